The van der Waals surface area contributed by atoms with E-state index < -0.39 is 6.35 Å². The van der Waals surface area contributed by atoms with Crippen LogP contribution in [0.25, 0.3) is 0 Å². The molecular formula is C8H12N2O2. The average Bonchev–Trinajstić information content (AvgIpc) is 1.82. The molecule has 0 aromatic carbocycles. The number of aliphatic hydroxyl groups is 1. The van der Waals surface area contributed by atoms with Crippen molar-refractivity contribution in [3.8, 4) is 0 Å². The fourth-order valence-electron chi connectivity index (χ4n) is 1.24. The first-order valence-corrected chi connectivity index (χ1v) is 3.73. The molecule has 0 saturated carbocycles. The third-order valence-corrected chi connectivity index (χ3v) is 1.69. The van der Waals surface area contributed by atoms with Gasteiger partial charge in [0.25, 0.3) is 0 Å². The SMILES string of the molecule is CC(=O)N1C(C)=CC(C)=NC1O. The second-order valence-corrected chi connectivity index (χ2v) is 2.79. The van der Waals surface area contributed by atoms with Crippen LogP contribution in [0.15, 0.2) is 16.8 Å². The molecular weight excluding hydrogens is 156 g/mol. The van der Waals surface area contributed by atoms with Gasteiger partial charge in [-0.05, 0) is 19.9 Å². The monoisotopic (exact) mass is 168 g/mol. The standard InChI is InChI=1S/C8H12N2O2/c1-5-4-6(2)10(7(3)11)8(12)9-5/h4,8,12H,1-3H3. The molecule has 0 spiro atoms. The molecule has 1 aliphatic rings. The maximum absolute atomic E-state index is 11.0. The lowest BCUT2D eigenvalue weighted by molar-refractivity contribution is -0.134. The van der Waals surface area contributed by atoms with Gasteiger partial charge in [-0.15, -0.1) is 0 Å². The van der Waals surface area contributed by atoms with Gasteiger partial charge in [-0.3, -0.25) is 9.69 Å². The van der Waals surface area contributed by atoms with Gasteiger partial charge in [-0.2, -0.15) is 0 Å². The van der Waals surface area contributed by atoms with Crippen molar-refractivity contribution in [1.82, 2.24) is 4.90 Å². The molecule has 1 amide bonds. The molecule has 1 aliphatic heterocycles. The Labute approximate surface area is 71.2 Å². The van der Waals surface area contributed by atoms with Crippen LogP contribution in [0.3, 0.4) is 0 Å². The molecule has 0 bridgehead atoms. The van der Waals surface area contributed by atoms with Gasteiger partial charge in [0.05, 0.1) is 0 Å². The number of hydrogen-bond acceptors (Lipinski definition) is 3. The number of aliphatic hydroxyl groups excluding tert-OH is 1. The fraction of sp³-hybridized carbons (Fsp3) is 0.500. The molecule has 4 heteroatoms. The zero-order chi connectivity index (χ0) is 9.30. The van der Waals surface area contributed by atoms with Crippen molar-refractivity contribution in [1.29, 1.82) is 0 Å². The minimum absolute atomic E-state index is 0.201. The van der Waals surface area contributed by atoms with Crippen molar-refractivity contribution in [3.05, 3.63) is 11.8 Å². The van der Waals surface area contributed by atoms with Crippen molar-refractivity contribution in [3.63, 3.8) is 0 Å². The number of aliphatic imine (C=N–C) groups is 1. The fourth-order valence-corrected chi connectivity index (χ4v) is 1.24. The van der Waals surface area contributed by atoms with Gasteiger partial charge >= 0.3 is 0 Å². The lowest BCUT2D eigenvalue weighted by atomic mass is 10.2. The average molecular weight is 168 g/mol. The third-order valence-electron chi connectivity index (χ3n) is 1.69. The Morgan fingerprint density at radius 1 is 1.67 bits per heavy atom. The van der Waals surface area contributed by atoms with Crippen molar-refractivity contribution in [2.45, 2.75) is 27.1 Å². The predicted octanol–water partition coefficient (Wildman–Crippen LogP) is 0.489. The topological polar surface area (TPSA) is 52.9 Å². The van der Waals surface area contributed by atoms with Gasteiger partial charge in [0.2, 0.25) is 12.3 Å². The Hall–Kier alpha value is -1.16. The molecule has 0 fully saturated rings. The predicted molar refractivity (Wildman–Crippen MR) is 45.4 cm³/mol. The van der Waals surface area contributed by atoms with Gasteiger partial charge in [0.15, 0.2) is 0 Å². The molecule has 4 nitrogen and oxygen atoms in total. The van der Waals surface area contributed by atoms with Crippen LogP contribution in [-0.4, -0.2) is 28.0 Å². The van der Waals surface area contributed by atoms with Gasteiger partial charge in [-0.25, -0.2) is 4.99 Å². The third kappa shape index (κ3) is 1.53. The molecule has 0 aromatic rings. The van der Waals surface area contributed by atoms with Gasteiger partial charge in [0.1, 0.15) is 0 Å². The van der Waals surface area contributed by atoms with E-state index in [1.165, 1.54) is 11.8 Å². The quantitative estimate of drug-likeness (QED) is 0.572. The Morgan fingerprint density at radius 3 is 2.67 bits per heavy atom. The summed E-state index contributed by atoms with van der Waals surface area (Å²) in [5.74, 6) is -0.201. The number of nitrogens with zero attached hydrogens (tertiary/aromatic N) is 2. The van der Waals surface area contributed by atoms with Crippen molar-refractivity contribution in [2.24, 2.45) is 4.99 Å². The van der Waals surface area contributed by atoms with Crippen molar-refractivity contribution >= 4 is 11.6 Å². The van der Waals surface area contributed by atoms with Crippen LogP contribution < -0.4 is 0 Å². The van der Waals surface area contributed by atoms with E-state index >= 15 is 0 Å². The molecule has 12 heavy (non-hydrogen) atoms. The molecule has 1 unspecified atom stereocenters. The maximum Gasteiger partial charge on any atom is 0.231 e. The van der Waals surface area contributed by atoms with Crippen LogP contribution in [0.5, 0.6) is 0 Å². The molecule has 1 atom stereocenters. The summed E-state index contributed by atoms with van der Waals surface area (Å²) < 4.78 is 0. The summed E-state index contributed by atoms with van der Waals surface area (Å²) in [5, 5.41) is 9.36. The van der Waals surface area contributed by atoms with Crippen LogP contribution in [0.1, 0.15) is 20.8 Å². The highest BCUT2D eigenvalue weighted by Gasteiger charge is 2.22. The molecule has 1 heterocycles. The first-order chi connectivity index (χ1) is 5.52. The minimum atomic E-state index is -1.05. The Kier molecular flexibility index (Phi) is 2.28. The van der Waals surface area contributed by atoms with Crippen molar-refractivity contribution in [2.75, 3.05) is 0 Å². The lowest BCUT2D eigenvalue weighted by Crippen LogP contribution is -2.38. The van der Waals surface area contributed by atoms with Gasteiger partial charge < -0.3 is 5.11 Å². The highest BCUT2D eigenvalue weighted by molar-refractivity contribution is 5.95. The highest BCUT2D eigenvalue weighted by Crippen LogP contribution is 2.14. The number of rotatable bonds is 0. The van der Waals surface area contributed by atoms with Crippen LogP contribution in [0.4, 0.5) is 0 Å². The number of allylic oxidation sites excluding steroid dienone is 2. The van der Waals surface area contributed by atoms with Gasteiger partial charge in [0, 0.05) is 18.3 Å². The number of hydrogen-bond donors (Lipinski definition) is 1. The zero-order valence-corrected chi connectivity index (χ0v) is 7.40. The lowest BCUT2D eigenvalue weighted by Gasteiger charge is -2.27. The van der Waals surface area contributed by atoms with E-state index in [-0.39, 0.29) is 5.91 Å². The molecule has 0 aliphatic carbocycles. The van der Waals surface area contributed by atoms with E-state index in [2.05, 4.69) is 4.99 Å². The smallest absolute Gasteiger partial charge is 0.231 e. The van der Waals surface area contributed by atoms with E-state index in [0.717, 1.165) is 11.4 Å². The highest BCUT2D eigenvalue weighted by atomic mass is 16.3. The first kappa shape index (κ1) is 8.93. The summed E-state index contributed by atoms with van der Waals surface area (Å²) in [6.45, 7) is 4.95. The Balaban J connectivity index is 2.94. The van der Waals surface area contributed by atoms with Crippen molar-refractivity contribution < 1.29 is 9.90 Å². The molecule has 1 rings (SSSR count). The summed E-state index contributed by atoms with van der Waals surface area (Å²) in [7, 11) is 0. The number of amides is 1. The molecule has 66 valence electrons. The summed E-state index contributed by atoms with van der Waals surface area (Å²) in [5.41, 5.74) is 1.46. The van der Waals surface area contributed by atoms with E-state index in [9.17, 15) is 9.90 Å². The zero-order valence-electron chi connectivity index (χ0n) is 7.40. The molecule has 1 N–H and O–H groups in total. The second kappa shape index (κ2) is 3.06. The number of carbonyl (C=O) groups is 1. The normalized spacial score (nSPS) is 23.3. The van der Waals surface area contributed by atoms with E-state index in [4.69, 9.17) is 0 Å². The first-order valence-electron chi connectivity index (χ1n) is 3.73. The van der Waals surface area contributed by atoms with E-state index in [0.29, 0.717) is 0 Å². The Bertz CT molecular complexity index is 268. The molecule has 0 radical (unpaired) electrons. The van der Waals surface area contributed by atoms with Gasteiger partial charge in [-0.1, -0.05) is 0 Å². The Morgan fingerprint density at radius 2 is 2.25 bits per heavy atom. The van der Waals surface area contributed by atoms with E-state index in [1.54, 1.807) is 19.9 Å². The van der Waals surface area contributed by atoms with Crippen LogP contribution in [0, 0.1) is 0 Å². The molecule has 0 saturated heterocycles. The van der Waals surface area contributed by atoms with E-state index in [1.807, 2.05) is 0 Å². The number of carbonyl (C=O) groups excluding carboxylic acids is 1. The van der Waals surface area contributed by atoms with Crippen LogP contribution in [-0.2, 0) is 4.79 Å². The summed E-state index contributed by atoms with van der Waals surface area (Å²) in [6.07, 6.45) is 0.709. The summed E-state index contributed by atoms with van der Waals surface area (Å²) in [6, 6.07) is 0. The largest absolute Gasteiger partial charge is 0.355 e. The molecule has 0 aromatic heterocycles. The van der Waals surface area contributed by atoms with Crippen LogP contribution >= 0.6 is 0 Å². The maximum atomic E-state index is 11.0. The van der Waals surface area contributed by atoms with Crippen LogP contribution in [0.2, 0.25) is 0 Å². The second-order valence-electron chi connectivity index (χ2n) is 2.79. The summed E-state index contributed by atoms with van der Waals surface area (Å²) in [4.78, 5) is 16.1. The minimum Gasteiger partial charge on any atom is -0.355 e. The summed E-state index contributed by atoms with van der Waals surface area (Å²) >= 11 is 0.